The van der Waals surface area contributed by atoms with Crippen LogP contribution in [0.25, 0.3) is 0 Å². The van der Waals surface area contributed by atoms with Gasteiger partial charge in [-0.3, -0.25) is 4.99 Å². The van der Waals surface area contributed by atoms with Crippen molar-refractivity contribution < 1.29 is 18.3 Å². The number of rotatable bonds is 4. The third-order valence-electron chi connectivity index (χ3n) is 2.96. The quantitative estimate of drug-likeness (QED) is 0.572. The molecular formula is C13H16Cl2F3N3O. The number of hydrogen-bond donors (Lipinski definition) is 3. The van der Waals surface area contributed by atoms with Crippen LogP contribution >= 0.6 is 23.2 Å². The first-order chi connectivity index (χ1) is 9.94. The fourth-order valence-corrected chi connectivity index (χ4v) is 2.10. The van der Waals surface area contributed by atoms with E-state index in [-0.39, 0.29) is 5.96 Å². The first-order valence-electron chi connectivity index (χ1n) is 6.24. The Morgan fingerprint density at radius 1 is 1.41 bits per heavy atom. The van der Waals surface area contributed by atoms with E-state index in [4.69, 9.17) is 28.9 Å². The number of halogens is 5. The molecule has 0 bridgehead atoms. The molecule has 22 heavy (non-hydrogen) atoms. The van der Waals surface area contributed by atoms with Crippen LogP contribution in [0.5, 0.6) is 0 Å². The molecule has 1 aromatic carbocycles. The molecule has 0 heterocycles. The van der Waals surface area contributed by atoms with Gasteiger partial charge in [0.2, 0.25) is 0 Å². The summed E-state index contributed by atoms with van der Waals surface area (Å²) in [6.07, 6.45) is -4.79. The van der Waals surface area contributed by atoms with Gasteiger partial charge in [-0.1, -0.05) is 29.3 Å². The molecule has 4 nitrogen and oxygen atoms in total. The average molecular weight is 358 g/mol. The van der Waals surface area contributed by atoms with Crippen LogP contribution in [0.3, 0.4) is 0 Å². The lowest BCUT2D eigenvalue weighted by molar-refractivity contribution is -0.248. The molecule has 2 unspecified atom stereocenters. The Hall–Kier alpha value is -1.18. The van der Waals surface area contributed by atoms with Gasteiger partial charge in [0.1, 0.15) is 0 Å². The lowest BCUT2D eigenvalue weighted by Crippen LogP contribution is -2.46. The van der Waals surface area contributed by atoms with E-state index in [1.165, 1.54) is 0 Å². The fourth-order valence-electron chi connectivity index (χ4n) is 1.53. The van der Waals surface area contributed by atoms with Crippen LogP contribution < -0.4 is 11.1 Å². The molecule has 9 heteroatoms. The second kappa shape index (κ2) is 6.93. The van der Waals surface area contributed by atoms with Gasteiger partial charge >= 0.3 is 6.18 Å². The van der Waals surface area contributed by atoms with Gasteiger partial charge in [-0.05, 0) is 31.5 Å². The van der Waals surface area contributed by atoms with E-state index in [2.05, 4.69) is 10.3 Å². The molecular weight excluding hydrogens is 342 g/mol. The summed E-state index contributed by atoms with van der Waals surface area (Å²) in [5.74, 6) is -0.233. The molecule has 0 aliphatic rings. The summed E-state index contributed by atoms with van der Waals surface area (Å²) < 4.78 is 37.5. The molecule has 0 saturated heterocycles. The van der Waals surface area contributed by atoms with Gasteiger partial charge in [0, 0.05) is 10.0 Å². The minimum Gasteiger partial charge on any atom is -0.379 e. The summed E-state index contributed by atoms with van der Waals surface area (Å²) >= 11 is 11.8. The van der Waals surface area contributed by atoms with Crippen LogP contribution in [0.4, 0.5) is 13.2 Å². The smallest absolute Gasteiger partial charge is 0.379 e. The highest BCUT2D eigenvalue weighted by atomic mass is 35.5. The average Bonchev–Trinajstić information content (AvgIpc) is 2.34. The molecule has 0 saturated carbocycles. The summed E-state index contributed by atoms with van der Waals surface area (Å²) in [6, 6.07) is 4.44. The molecule has 0 spiro atoms. The standard InChI is InChI=1S/C13H16Cl2F3N3O/c1-7(9-4-3-8(14)5-10(9)15)21-11(19)20-6-12(2,22)13(16,17)18/h3-5,7,22H,6H2,1-2H3,(H3,19,20,21). The normalized spacial score (nSPS) is 17.0. The topological polar surface area (TPSA) is 70.6 Å². The van der Waals surface area contributed by atoms with Crippen molar-refractivity contribution >= 4 is 29.2 Å². The van der Waals surface area contributed by atoms with Crippen LogP contribution in [-0.2, 0) is 0 Å². The van der Waals surface area contributed by atoms with Crippen molar-refractivity contribution in [3.05, 3.63) is 33.8 Å². The molecule has 0 aromatic heterocycles. The number of nitrogens with two attached hydrogens (primary N) is 1. The summed E-state index contributed by atoms with van der Waals surface area (Å²) in [5.41, 5.74) is 3.25. The highest BCUT2D eigenvalue weighted by molar-refractivity contribution is 6.35. The van der Waals surface area contributed by atoms with E-state index < -0.39 is 24.4 Å². The van der Waals surface area contributed by atoms with E-state index in [9.17, 15) is 18.3 Å². The minimum atomic E-state index is -4.79. The highest BCUT2D eigenvalue weighted by Gasteiger charge is 2.49. The molecule has 0 amide bonds. The van der Waals surface area contributed by atoms with Crippen LogP contribution in [0.1, 0.15) is 25.5 Å². The number of guanidine groups is 1. The predicted molar refractivity (Wildman–Crippen MR) is 81.2 cm³/mol. The van der Waals surface area contributed by atoms with Crippen LogP contribution in [0, 0.1) is 0 Å². The Balaban J connectivity index is 2.75. The van der Waals surface area contributed by atoms with Gasteiger partial charge in [0.05, 0.1) is 12.6 Å². The first kappa shape index (κ1) is 18.9. The summed E-state index contributed by atoms with van der Waals surface area (Å²) in [7, 11) is 0. The second-order valence-electron chi connectivity index (χ2n) is 5.00. The van der Waals surface area contributed by atoms with Crippen molar-refractivity contribution in [1.29, 1.82) is 0 Å². The van der Waals surface area contributed by atoms with Gasteiger partial charge in [-0.15, -0.1) is 0 Å². The molecule has 4 N–H and O–H groups in total. The van der Waals surface area contributed by atoms with Crippen LogP contribution in [-0.4, -0.2) is 29.4 Å². The minimum absolute atomic E-state index is 0.233. The maximum atomic E-state index is 12.5. The van der Waals surface area contributed by atoms with Crippen molar-refractivity contribution in [2.24, 2.45) is 10.7 Å². The zero-order valence-electron chi connectivity index (χ0n) is 11.9. The largest absolute Gasteiger partial charge is 0.418 e. The van der Waals surface area contributed by atoms with E-state index >= 15 is 0 Å². The van der Waals surface area contributed by atoms with Crippen molar-refractivity contribution in [2.75, 3.05) is 6.54 Å². The molecule has 0 aliphatic carbocycles. The second-order valence-corrected chi connectivity index (χ2v) is 5.85. The van der Waals surface area contributed by atoms with E-state index in [1.807, 2.05) is 0 Å². The van der Waals surface area contributed by atoms with Gasteiger partial charge in [-0.25, -0.2) is 0 Å². The number of alkyl halides is 3. The molecule has 0 aliphatic heterocycles. The number of nitrogens with one attached hydrogen (secondary N) is 1. The third kappa shape index (κ3) is 4.93. The molecule has 0 radical (unpaired) electrons. The van der Waals surface area contributed by atoms with E-state index in [0.29, 0.717) is 22.5 Å². The summed E-state index contributed by atoms with van der Waals surface area (Å²) in [6.45, 7) is 1.43. The van der Waals surface area contributed by atoms with Gasteiger partial charge in [0.15, 0.2) is 11.6 Å². The number of aliphatic imine (C=N–C) groups is 1. The summed E-state index contributed by atoms with van der Waals surface area (Å²) in [4.78, 5) is 3.52. The number of aliphatic hydroxyl groups is 1. The van der Waals surface area contributed by atoms with E-state index in [1.54, 1.807) is 25.1 Å². The Kier molecular flexibility index (Phi) is 5.95. The number of nitrogens with zero attached hydrogens (tertiary/aromatic N) is 1. The first-order valence-corrected chi connectivity index (χ1v) is 7.00. The monoisotopic (exact) mass is 357 g/mol. The fraction of sp³-hybridized carbons (Fsp3) is 0.462. The zero-order valence-corrected chi connectivity index (χ0v) is 13.4. The van der Waals surface area contributed by atoms with Crippen molar-refractivity contribution in [3.63, 3.8) is 0 Å². The number of hydrogen-bond acceptors (Lipinski definition) is 2. The Bertz CT molecular complexity index is 562. The zero-order chi connectivity index (χ0) is 17.1. The van der Waals surface area contributed by atoms with Gasteiger partial charge in [-0.2, -0.15) is 13.2 Å². The van der Waals surface area contributed by atoms with Crippen LogP contribution in [0.15, 0.2) is 23.2 Å². The molecule has 1 aromatic rings. The van der Waals surface area contributed by atoms with Crippen molar-refractivity contribution in [2.45, 2.75) is 31.7 Å². The summed E-state index contributed by atoms with van der Waals surface area (Å²) in [5, 5.41) is 12.8. The molecule has 1 rings (SSSR count). The van der Waals surface area contributed by atoms with Gasteiger partial charge < -0.3 is 16.2 Å². The molecule has 124 valence electrons. The van der Waals surface area contributed by atoms with Crippen molar-refractivity contribution in [3.8, 4) is 0 Å². The van der Waals surface area contributed by atoms with Crippen LogP contribution in [0.2, 0.25) is 10.0 Å². The third-order valence-corrected chi connectivity index (χ3v) is 3.52. The van der Waals surface area contributed by atoms with Crippen molar-refractivity contribution in [1.82, 2.24) is 5.32 Å². The number of benzene rings is 1. The Morgan fingerprint density at radius 3 is 2.50 bits per heavy atom. The van der Waals surface area contributed by atoms with E-state index in [0.717, 1.165) is 0 Å². The lowest BCUT2D eigenvalue weighted by Gasteiger charge is -2.24. The SMILES string of the molecule is CC(NC(N)=NCC(C)(O)C(F)(F)F)c1ccc(Cl)cc1Cl. The highest BCUT2D eigenvalue weighted by Crippen LogP contribution is 2.30. The Morgan fingerprint density at radius 2 is 2.00 bits per heavy atom. The molecule has 0 fully saturated rings. The maximum Gasteiger partial charge on any atom is 0.418 e. The predicted octanol–water partition coefficient (Wildman–Crippen LogP) is 3.27. The van der Waals surface area contributed by atoms with Gasteiger partial charge in [0.25, 0.3) is 0 Å². The lowest BCUT2D eigenvalue weighted by atomic mass is 10.1. The molecule has 2 atom stereocenters. The Labute approximate surface area is 136 Å². The maximum absolute atomic E-state index is 12.5.